The van der Waals surface area contributed by atoms with Gasteiger partial charge in [-0.2, -0.15) is 25.3 Å². The van der Waals surface area contributed by atoms with Crippen LogP contribution in [0.2, 0.25) is 0 Å². The van der Waals surface area contributed by atoms with Gasteiger partial charge < -0.3 is 15.3 Å². The van der Waals surface area contributed by atoms with Gasteiger partial charge in [0.25, 0.3) is 0 Å². The Balaban J connectivity index is 3.75. The molecule has 1 rings (SSSR count). The van der Waals surface area contributed by atoms with E-state index in [-0.39, 0.29) is 18.6 Å². The molecule has 39 heavy (non-hydrogen) atoms. The SMILES string of the molecule is CCCCCCCCc1c(C(S)CC(=O)O)c(O)c(C(C)(C)C)c(CCCCCCCC)c1C(S)CC(=O)O. The number of aromatic hydroxyl groups is 1. The molecule has 2 atom stereocenters. The molecule has 0 aliphatic carbocycles. The highest BCUT2D eigenvalue weighted by Crippen LogP contribution is 2.49. The Morgan fingerprint density at radius 2 is 1.05 bits per heavy atom. The summed E-state index contributed by atoms with van der Waals surface area (Å²) in [6, 6.07) is 0. The Morgan fingerprint density at radius 3 is 1.46 bits per heavy atom. The summed E-state index contributed by atoms with van der Waals surface area (Å²) < 4.78 is 0. The van der Waals surface area contributed by atoms with Gasteiger partial charge in [-0.1, -0.05) is 98.8 Å². The number of carboxylic acids is 2. The fourth-order valence-corrected chi connectivity index (χ4v) is 6.58. The molecule has 0 bridgehead atoms. The summed E-state index contributed by atoms with van der Waals surface area (Å²) >= 11 is 9.53. The first-order valence-corrected chi connectivity index (χ1v) is 16.1. The molecular formula is C32H54O5S2. The van der Waals surface area contributed by atoms with Crippen molar-refractivity contribution >= 4 is 37.2 Å². The fourth-order valence-electron chi connectivity index (χ4n) is 5.68. The van der Waals surface area contributed by atoms with Gasteiger partial charge in [0.2, 0.25) is 0 Å². The van der Waals surface area contributed by atoms with Crippen LogP contribution in [0.3, 0.4) is 0 Å². The lowest BCUT2D eigenvalue weighted by atomic mass is 9.74. The second-order valence-corrected chi connectivity index (χ2v) is 13.3. The summed E-state index contributed by atoms with van der Waals surface area (Å²) in [5.74, 6) is -1.78. The number of hydrogen-bond acceptors (Lipinski definition) is 5. The first kappa shape index (κ1) is 35.7. The van der Waals surface area contributed by atoms with Crippen LogP contribution in [0.4, 0.5) is 0 Å². The van der Waals surface area contributed by atoms with Crippen molar-refractivity contribution in [3.63, 3.8) is 0 Å². The Bertz CT molecular complexity index is 907. The second kappa shape index (κ2) is 18.2. The predicted octanol–water partition coefficient (Wildman–Crippen LogP) is 9.39. The highest BCUT2D eigenvalue weighted by atomic mass is 32.1. The van der Waals surface area contributed by atoms with E-state index < -0.39 is 27.9 Å². The van der Waals surface area contributed by atoms with Crippen molar-refractivity contribution < 1.29 is 24.9 Å². The molecule has 0 spiro atoms. The van der Waals surface area contributed by atoms with Crippen LogP contribution in [0.25, 0.3) is 0 Å². The highest BCUT2D eigenvalue weighted by Gasteiger charge is 2.34. The largest absolute Gasteiger partial charge is 0.507 e. The number of hydrogen-bond donors (Lipinski definition) is 5. The normalized spacial score (nSPS) is 13.4. The zero-order chi connectivity index (χ0) is 29.6. The molecule has 224 valence electrons. The summed E-state index contributed by atoms with van der Waals surface area (Å²) in [5, 5.41) is 29.9. The number of thiol groups is 2. The Morgan fingerprint density at radius 1 is 0.667 bits per heavy atom. The molecule has 0 radical (unpaired) electrons. The number of rotatable bonds is 20. The van der Waals surface area contributed by atoms with Crippen molar-refractivity contribution in [3.05, 3.63) is 27.8 Å². The molecule has 1 aromatic carbocycles. The van der Waals surface area contributed by atoms with Gasteiger partial charge in [0.05, 0.1) is 12.8 Å². The van der Waals surface area contributed by atoms with Crippen LogP contribution in [0, 0.1) is 0 Å². The van der Waals surface area contributed by atoms with Crippen LogP contribution in [0.1, 0.15) is 163 Å². The smallest absolute Gasteiger partial charge is 0.304 e. The standard InChI is InChI=1S/C32H54O5S2/c1-6-8-10-12-14-16-18-22-28(24(38)20-26(33)34)23(19-17-15-13-11-9-7-2)30(32(3,4)5)31(37)29(22)25(39)21-27(35)36/h24-25,37-39H,6-21H2,1-5H3,(H,33,34)(H,35,36). The van der Waals surface area contributed by atoms with Gasteiger partial charge in [-0.15, -0.1) is 0 Å². The summed E-state index contributed by atoms with van der Waals surface area (Å²) in [7, 11) is 0. The minimum absolute atomic E-state index is 0.130. The van der Waals surface area contributed by atoms with Crippen LogP contribution < -0.4 is 0 Å². The number of unbranched alkanes of at least 4 members (excludes halogenated alkanes) is 10. The lowest BCUT2D eigenvalue weighted by Gasteiger charge is -2.33. The van der Waals surface area contributed by atoms with Gasteiger partial charge in [0, 0.05) is 21.6 Å². The molecule has 5 nitrogen and oxygen atoms in total. The molecule has 0 saturated heterocycles. The maximum atomic E-state index is 11.8. The summed E-state index contributed by atoms with van der Waals surface area (Å²) in [6.07, 6.45) is 14.4. The summed E-state index contributed by atoms with van der Waals surface area (Å²) in [4.78, 5) is 23.6. The number of phenols is 1. The van der Waals surface area contributed by atoms with Crippen molar-refractivity contribution in [3.8, 4) is 5.75 Å². The summed E-state index contributed by atoms with van der Waals surface area (Å²) in [6.45, 7) is 10.5. The van der Waals surface area contributed by atoms with Crippen LogP contribution in [0.5, 0.6) is 5.75 Å². The predicted molar refractivity (Wildman–Crippen MR) is 169 cm³/mol. The van der Waals surface area contributed by atoms with Crippen molar-refractivity contribution in [2.24, 2.45) is 0 Å². The average Bonchev–Trinajstić information content (AvgIpc) is 2.81. The topological polar surface area (TPSA) is 94.8 Å². The third kappa shape index (κ3) is 12.0. The van der Waals surface area contributed by atoms with E-state index in [1.807, 2.05) is 20.8 Å². The third-order valence-corrected chi connectivity index (χ3v) is 8.36. The number of benzene rings is 1. The maximum Gasteiger partial charge on any atom is 0.304 e. The molecule has 0 heterocycles. The molecule has 0 aliphatic rings. The van der Waals surface area contributed by atoms with Crippen LogP contribution >= 0.6 is 25.3 Å². The molecule has 1 aromatic rings. The minimum atomic E-state index is -0.983. The quantitative estimate of drug-likeness (QED) is 0.0780. The molecule has 3 N–H and O–H groups in total. The number of carbonyl (C=O) groups is 2. The maximum absolute atomic E-state index is 11.8. The van der Waals surface area contributed by atoms with Crippen molar-refractivity contribution in [1.82, 2.24) is 0 Å². The van der Waals surface area contributed by atoms with Gasteiger partial charge >= 0.3 is 11.9 Å². The Kier molecular flexibility index (Phi) is 16.6. The molecule has 7 heteroatoms. The van der Waals surface area contributed by atoms with E-state index >= 15 is 0 Å². The number of aliphatic carboxylic acids is 2. The van der Waals surface area contributed by atoms with E-state index in [1.165, 1.54) is 38.5 Å². The highest BCUT2D eigenvalue weighted by molar-refractivity contribution is 7.80. The second-order valence-electron chi connectivity index (χ2n) is 12.0. The molecule has 0 saturated carbocycles. The molecule has 0 aliphatic heterocycles. The van der Waals surface area contributed by atoms with E-state index in [0.29, 0.717) is 12.0 Å². The van der Waals surface area contributed by atoms with Crippen molar-refractivity contribution in [2.75, 3.05) is 0 Å². The van der Waals surface area contributed by atoms with Crippen LogP contribution in [-0.2, 0) is 27.8 Å². The van der Waals surface area contributed by atoms with Gasteiger partial charge in [-0.3, -0.25) is 9.59 Å². The molecule has 0 aromatic heterocycles. The van der Waals surface area contributed by atoms with Crippen LogP contribution in [-0.4, -0.2) is 27.3 Å². The molecule has 2 unspecified atom stereocenters. The van der Waals surface area contributed by atoms with Gasteiger partial charge in [-0.05, 0) is 47.8 Å². The van der Waals surface area contributed by atoms with Gasteiger partial charge in [-0.25, -0.2) is 0 Å². The van der Waals surface area contributed by atoms with E-state index in [2.05, 4.69) is 26.5 Å². The van der Waals surface area contributed by atoms with E-state index in [1.54, 1.807) is 0 Å². The average molecular weight is 583 g/mol. The van der Waals surface area contributed by atoms with Crippen LogP contribution in [0.15, 0.2) is 0 Å². The van der Waals surface area contributed by atoms with E-state index in [0.717, 1.165) is 67.2 Å². The van der Waals surface area contributed by atoms with Crippen molar-refractivity contribution in [1.29, 1.82) is 0 Å². The first-order chi connectivity index (χ1) is 18.4. The van der Waals surface area contributed by atoms with E-state index in [9.17, 15) is 24.9 Å². The van der Waals surface area contributed by atoms with Gasteiger partial charge in [0.15, 0.2) is 0 Å². The molecule has 0 fully saturated rings. The third-order valence-electron chi connectivity index (χ3n) is 7.48. The number of phenolic OH excluding ortho intramolecular Hbond substituents is 1. The first-order valence-electron chi connectivity index (χ1n) is 15.1. The van der Waals surface area contributed by atoms with Crippen molar-refractivity contribution in [2.45, 2.75) is 153 Å². The Hall–Kier alpha value is -1.34. The monoisotopic (exact) mass is 582 g/mol. The molecular weight excluding hydrogens is 528 g/mol. The Labute approximate surface area is 248 Å². The fraction of sp³-hybridized carbons (Fsp3) is 0.750. The molecule has 0 amide bonds. The zero-order valence-electron chi connectivity index (χ0n) is 25.0. The van der Waals surface area contributed by atoms with E-state index in [4.69, 9.17) is 12.6 Å². The number of carboxylic acid groups (broad SMARTS) is 2. The lowest BCUT2D eigenvalue weighted by molar-refractivity contribution is -0.138. The lowest BCUT2D eigenvalue weighted by Crippen LogP contribution is -2.21. The zero-order valence-corrected chi connectivity index (χ0v) is 26.8. The van der Waals surface area contributed by atoms with Gasteiger partial charge in [0.1, 0.15) is 5.75 Å². The minimum Gasteiger partial charge on any atom is -0.507 e. The summed E-state index contributed by atoms with van der Waals surface area (Å²) in [5.41, 5.74) is 3.63.